The van der Waals surface area contributed by atoms with Gasteiger partial charge in [-0.25, -0.2) is 9.78 Å². The number of carbonyl (C=O) groups excluding carboxylic acids is 1. The molecule has 0 saturated heterocycles. The molecule has 1 aromatic rings. The third kappa shape index (κ3) is 3.02. The summed E-state index contributed by atoms with van der Waals surface area (Å²) >= 11 is 0. The summed E-state index contributed by atoms with van der Waals surface area (Å²) in [6, 6.07) is 3.21. The SMILES string of the molecule is CCOC(=O)c1cc(C(C)(C)O)ccn1. The van der Waals surface area contributed by atoms with Crippen LogP contribution in [0.4, 0.5) is 0 Å². The molecule has 0 bridgehead atoms. The summed E-state index contributed by atoms with van der Waals surface area (Å²) < 4.78 is 4.81. The summed E-state index contributed by atoms with van der Waals surface area (Å²) in [6.07, 6.45) is 1.49. The molecule has 0 atom stereocenters. The molecule has 15 heavy (non-hydrogen) atoms. The molecule has 0 amide bonds. The van der Waals surface area contributed by atoms with E-state index in [1.807, 2.05) is 0 Å². The second-order valence-corrected chi connectivity index (χ2v) is 3.71. The number of aromatic nitrogens is 1. The van der Waals surface area contributed by atoms with Crippen LogP contribution >= 0.6 is 0 Å². The maximum atomic E-state index is 11.4. The molecule has 0 spiro atoms. The summed E-state index contributed by atoms with van der Waals surface area (Å²) in [5.41, 5.74) is -0.124. The summed E-state index contributed by atoms with van der Waals surface area (Å²) in [4.78, 5) is 15.2. The van der Waals surface area contributed by atoms with E-state index in [1.54, 1.807) is 26.8 Å². The van der Waals surface area contributed by atoms with Crippen LogP contribution in [0.5, 0.6) is 0 Å². The molecule has 1 N–H and O–H groups in total. The monoisotopic (exact) mass is 209 g/mol. The Morgan fingerprint density at radius 1 is 1.60 bits per heavy atom. The molecule has 0 aliphatic carbocycles. The number of nitrogens with zero attached hydrogens (tertiary/aromatic N) is 1. The van der Waals surface area contributed by atoms with Crippen molar-refractivity contribution in [3.63, 3.8) is 0 Å². The zero-order valence-electron chi connectivity index (χ0n) is 9.15. The maximum Gasteiger partial charge on any atom is 0.356 e. The van der Waals surface area contributed by atoms with Crippen molar-refractivity contribution in [2.45, 2.75) is 26.4 Å². The first-order valence-corrected chi connectivity index (χ1v) is 4.81. The first kappa shape index (κ1) is 11.7. The smallest absolute Gasteiger partial charge is 0.356 e. The van der Waals surface area contributed by atoms with E-state index in [0.717, 1.165) is 0 Å². The van der Waals surface area contributed by atoms with Gasteiger partial charge in [-0.2, -0.15) is 0 Å². The lowest BCUT2D eigenvalue weighted by Crippen LogP contribution is -2.17. The van der Waals surface area contributed by atoms with Crippen molar-refractivity contribution in [2.24, 2.45) is 0 Å². The highest BCUT2D eigenvalue weighted by molar-refractivity contribution is 5.87. The molecular weight excluding hydrogens is 194 g/mol. The van der Waals surface area contributed by atoms with Crippen molar-refractivity contribution in [3.8, 4) is 0 Å². The minimum absolute atomic E-state index is 0.219. The second-order valence-electron chi connectivity index (χ2n) is 3.71. The maximum absolute atomic E-state index is 11.4. The highest BCUT2D eigenvalue weighted by Gasteiger charge is 2.18. The number of hydrogen-bond donors (Lipinski definition) is 1. The molecule has 0 aliphatic rings. The number of carbonyl (C=O) groups is 1. The Kier molecular flexibility index (Phi) is 3.42. The van der Waals surface area contributed by atoms with Gasteiger partial charge < -0.3 is 9.84 Å². The predicted octanol–water partition coefficient (Wildman–Crippen LogP) is 1.49. The molecule has 0 unspecified atom stereocenters. The van der Waals surface area contributed by atoms with Crippen LogP contribution in [0.2, 0.25) is 0 Å². The summed E-state index contributed by atoms with van der Waals surface area (Å²) in [7, 11) is 0. The third-order valence-electron chi connectivity index (χ3n) is 1.95. The molecule has 4 nitrogen and oxygen atoms in total. The van der Waals surface area contributed by atoms with E-state index in [0.29, 0.717) is 12.2 Å². The van der Waals surface area contributed by atoms with Crippen LogP contribution in [-0.2, 0) is 10.3 Å². The molecule has 1 rings (SSSR count). The lowest BCUT2D eigenvalue weighted by atomic mass is 9.99. The Labute approximate surface area is 88.9 Å². The number of pyridine rings is 1. The van der Waals surface area contributed by atoms with Gasteiger partial charge in [0.25, 0.3) is 0 Å². The van der Waals surface area contributed by atoms with Gasteiger partial charge in [0.15, 0.2) is 0 Å². The van der Waals surface area contributed by atoms with Crippen molar-refractivity contribution < 1.29 is 14.6 Å². The van der Waals surface area contributed by atoms with Gasteiger partial charge in [-0.3, -0.25) is 0 Å². The quantitative estimate of drug-likeness (QED) is 0.766. The fraction of sp³-hybridized carbons (Fsp3) is 0.455. The van der Waals surface area contributed by atoms with Crippen LogP contribution in [0, 0.1) is 0 Å². The topological polar surface area (TPSA) is 59.4 Å². The number of aliphatic hydroxyl groups is 1. The van der Waals surface area contributed by atoms with Gasteiger partial charge in [-0.05, 0) is 38.5 Å². The fourth-order valence-corrected chi connectivity index (χ4v) is 1.13. The number of rotatable bonds is 3. The highest BCUT2D eigenvalue weighted by Crippen LogP contribution is 2.19. The van der Waals surface area contributed by atoms with Crippen LogP contribution in [-0.4, -0.2) is 22.7 Å². The van der Waals surface area contributed by atoms with Gasteiger partial charge in [-0.1, -0.05) is 0 Å². The van der Waals surface area contributed by atoms with Crippen LogP contribution < -0.4 is 0 Å². The van der Waals surface area contributed by atoms with Crippen molar-refractivity contribution in [3.05, 3.63) is 29.6 Å². The lowest BCUT2D eigenvalue weighted by Gasteiger charge is -2.17. The summed E-state index contributed by atoms with van der Waals surface area (Å²) in [5, 5.41) is 9.75. The van der Waals surface area contributed by atoms with E-state index < -0.39 is 11.6 Å². The Morgan fingerprint density at radius 2 is 2.27 bits per heavy atom. The van der Waals surface area contributed by atoms with Crippen molar-refractivity contribution in [1.29, 1.82) is 0 Å². The van der Waals surface area contributed by atoms with Gasteiger partial charge in [0.05, 0.1) is 12.2 Å². The average Bonchev–Trinajstić information content (AvgIpc) is 2.17. The second kappa shape index (κ2) is 4.40. The third-order valence-corrected chi connectivity index (χ3v) is 1.95. The fourth-order valence-electron chi connectivity index (χ4n) is 1.13. The Balaban J connectivity index is 2.98. The van der Waals surface area contributed by atoms with Crippen LogP contribution in [0.1, 0.15) is 36.8 Å². The lowest BCUT2D eigenvalue weighted by molar-refractivity contribution is 0.0517. The Bertz CT molecular complexity index is 355. The zero-order valence-corrected chi connectivity index (χ0v) is 9.15. The molecule has 1 heterocycles. The predicted molar refractivity (Wildman–Crippen MR) is 55.4 cm³/mol. The Morgan fingerprint density at radius 3 is 2.80 bits per heavy atom. The average molecular weight is 209 g/mol. The number of esters is 1. The zero-order chi connectivity index (χ0) is 11.5. The number of hydrogen-bond acceptors (Lipinski definition) is 4. The van der Waals surface area contributed by atoms with Crippen LogP contribution in [0.3, 0.4) is 0 Å². The van der Waals surface area contributed by atoms with Crippen LogP contribution in [0.25, 0.3) is 0 Å². The van der Waals surface area contributed by atoms with E-state index >= 15 is 0 Å². The van der Waals surface area contributed by atoms with Gasteiger partial charge in [0, 0.05) is 6.20 Å². The molecule has 82 valence electrons. The normalized spacial score (nSPS) is 11.2. The van der Waals surface area contributed by atoms with Crippen molar-refractivity contribution in [1.82, 2.24) is 4.98 Å². The minimum Gasteiger partial charge on any atom is -0.461 e. The van der Waals surface area contributed by atoms with E-state index in [-0.39, 0.29) is 5.69 Å². The van der Waals surface area contributed by atoms with E-state index in [4.69, 9.17) is 4.74 Å². The van der Waals surface area contributed by atoms with Crippen LogP contribution in [0.15, 0.2) is 18.3 Å². The minimum atomic E-state index is -0.982. The largest absolute Gasteiger partial charge is 0.461 e. The van der Waals surface area contributed by atoms with E-state index in [9.17, 15) is 9.90 Å². The highest BCUT2D eigenvalue weighted by atomic mass is 16.5. The first-order chi connectivity index (χ1) is 6.95. The standard InChI is InChI=1S/C11H15NO3/c1-4-15-10(13)9-7-8(5-6-12-9)11(2,3)14/h5-7,14H,4H2,1-3H3. The molecule has 4 heteroatoms. The van der Waals surface area contributed by atoms with Crippen molar-refractivity contribution in [2.75, 3.05) is 6.61 Å². The molecule has 1 aromatic heterocycles. The molecule has 0 fully saturated rings. The van der Waals surface area contributed by atoms with Crippen molar-refractivity contribution >= 4 is 5.97 Å². The molecule has 0 aromatic carbocycles. The molecule has 0 radical (unpaired) electrons. The summed E-state index contributed by atoms with van der Waals surface area (Å²) in [5.74, 6) is -0.469. The first-order valence-electron chi connectivity index (χ1n) is 4.81. The van der Waals surface area contributed by atoms with Gasteiger partial charge >= 0.3 is 5.97 Å². The number of ether oxygens (including phenoxy) is 1. The van der Waals surface area contributed by atoms with E-state index in [1.165, 1.54) is 12.3 Å². The Hall–Kier alpha value is -1.42. The van der Waals surface area contributed by atoms with Gasteiger partial charge in [-0.15, -0.1) is 0 Å². The van der Waals surface area contributed by atoms with Gasteiger partial charge in [0.2, 0.25) is 0 Å². The molecule has 0 saturated carbocycles. The molecular formula is C11H15NO3. The summed E-state index contributed by atoms with van der Waals surface area (Å²) in [6.45, 7) is 5.35. The molecule has 0 aliphatic heterocycles. The van der Waals surface area contributed by atoms with Gasteiger partial charge in [0.1, 0.15) is 5.69 Å². The van der Waals surface area contributed by atoms with E-state index in [2.05, 4.69) is 4.98 Å².